The van der Waals surface area contributed by atoms with Crippen molar-refractivity contribution in [2.75, 3.05) is 0 Å². The van der Waals surface area contributed by atoms with Gasteiger partial charge in [0.25, 0.3) is 0 Å². The van der Waals surface area contributed by atoms with Gasteiger partial charge in [0.15, 0.2) is 0 Å². The van der Waals surface area contributed by atoms with Gasteiger partial charge < -0.3 is 4.42 Å². The largest absolute Gasteiger partial charge is 0.456 e. The molecule has 45 heavy (non-hydrogen) atoms. The summed E-state index contributed by atoms with van der Waals surface area (Å²) in [6.07, 6.45) is 0. The second-order valence-corrected chi connectivity index (χ2v) is 11.1. The van der Waals surface area contributed by atoms with Crippen LogP contribution in [0.5, 0.6) is 0 Å². The van der Waals surface area contributed by atoms with E-state index < -0.39 is 12.1 Å². The average molecular weight is 580 g/mol. The van der Waals surface area contributed by atoms with E-state index in [-0.39, 0.29) is 57.7 Å². The maximum absolute atomic E-state index is 9.21. The minimum absolute atomic E-state index is 0.0456. The van der Waals surface area contributed by atoms with Crippen molar-refractivity contribution < 1.29 is 14.0 Å². The molecule has 0 spiro atoms. The van der Waals surface area contributed by atoms with Gasteiger partial charge >= 0.3 is 0 Å². The number of hydrogen-bond acceptors (Lipinski definition) is 1. The summed E-state index contributed by atoms with van der Waals surface area (Å²) < 4.78 is 65.9. The van der Waals surface area contributed by atoms with Crippen molar-refractivity contribution in [1.29, 1.82) is 0 Å². The number of benzene rings is 8. The van der Waals surface area contributed by atoms with E-state index in [0.29, 0.717) is 5.56 Å². The SMILES string of the molecule is [2H]c1c([2H])c([2H])c2c(oc3c([2H])c([2H])c(-c4ccc(-c5c6ccccc6c(-c6ccccc6-c6ccccc6)c6ccccc56)cc4)c([2H])c32)c1[2H]. The number of furan rings is 1. The molecule has 0 amide bonds. The van der Waals surface area contributed by atoms with Gasteiger partial charge in [-0.05, 0) is 84.2 Å². The number of hydrogen-bond donors (Lipinski definition) is 0. The van der Waals surface area contributed by atoms with Crippen LogP contribution in [-0.4, -0.2) is 0 Å². The average Bonchev–Trinajstić information content (AvgIpc) is 3.60. The molecule has 1 heteroatoms. The van der Waals surface area contributed by atoms with E-state index in [2.05, 4.69) is 97.1 Å². The maximum atomic E-state index is 9.21. The summed E-state index contributed by atoms with van der Waals surface area (Å²) in [5.41, 5.74) is 7.14. The summed E-state index contributed by atoms with van der Waals surface area (Å²) in [5, 5.41) is 4.55. The van der Waals surface area contributed by atoms with Crippen molar-refractivity contribution in [3.8, 4) is 44.5 Å². The minimum atomic E-state index is -0.454. The smallest absolute Gasteiger partial charge is 0.135 e. The molecule has 0 aliphatic heterocycles. The topological polar surface area (TPSA) is 13.1 Å². The second kappa shape index (κ2) is 10.4. The summed E-state index contributed by atoms with van der Waals surface area (Å²) in [5.74, 6) is 0. The Morgan fingerprint density at radius 1 is 0.356 bits per heavy atom. The van der Waals surface area contributed by atoms with Crippen LogP contribution in [-0.2, 0) is 0 Å². The molecule has 0 radical (unpaired) electrons. The zero-order chi connectivity index (χ0) is 35.8. The van der Waals surface area contributed by atoms with Crippen LogP contribution in [0.2, 0.25) is 0 Å². The van der Waals surface area contributed by atoms with Gasteiger partial charge in [0.2, 0.25) is 0 Å². The van der Waals surface area contributed by atoms with Gasteiger partial charge in [-0.2, -0.15) is 0 Å². The Morgan fingerprint density at radius 3 is 1.62 bits per heavy atom. The summed E-state index contributed by atoms with van der Waals surface area (Å²) in [6, 6.07) is 41.3. The molecule has 8 aromatic carbocycles. The summed E-state index contributed by atoms with van der Waals surface area (Å²) in [6.45, 7) is 0. The lowest BCUT2D eigenvalue weighted by Crippen LogP contribution is -1.92. The molecule has 1 nitrogen and oxygen atoms in total. The molecule has 0 saturated heterocycles. The Balaban J connectivity index is 1.26. The zero-order valence-corrected chi connectivity index (χ0v) is 24.0. The molecular formula is C44H28O. The van der Waals surface area contributed by atoms with Crippen molar-refractivity contribution in [3.05, 3.63) is 170 Å². The molecule has 0 saturated carbocycles. The van der Waals surface area contributed by atoms with Gasteiger partial charge in [-0.15, -0.1) is 0 Å². The van der Waals surface area contributed by atoms with Crippen molar-refractivity contribution in [2.45, 2.75) is 0 Å². The quantitative estimate of drug-likeness (QED) is 0.189. The highest BCUT2D eigenvalue weighted by atomic mass is 16.3. The standard InChI is InChI=1S/C44H28O/c1-2-12-30(13-3-1)33-14-4-5-16-35(33)44-38-19-8-6-17-36(38)43(37-18-7-9-20-39(37)44)31-24-22-29(23-25-31)32-26-27-42-40(28-32)34-15-10-11-21-41(34)45-42/h1-28H/i10D,11D,15D,21D,26D,27D,28D. The van der Waals surface area contributed by atoms with Crippen LogP contribution in [0, 0.1) is 0 Å². The van der Waals surface area contributed by atoms with Crippen molar-refractivity contribution in [1.82, 2.24) is 0 Å². The highest BCUT2D eigenvalue weighted by Gasteiger charge is 2.18. The fourth-order valence-corrected chi connectivity index (χ4v) is 6.55. The molecule has 1 heterocycles. The van der Waals surface area contributed by atoms with Crippen LogP contribution < -0.4 is 0 Å². The van der Waals surface area contributed by atoms with Crippen molar-refractivity contribution in [2.24, 2.45) is 0 Å². The van der Waals surface area contributed by atoms with Gasteiger partial charge in [-0.25, -0.2) is 0 Å². The number of para-hydroxylation sites is 1. The first-order chi connectivity index (χ1) is 25.3. The summed E-state index contributed by atoms with van der Waals surface area (Å²) >= 11 is 0. The van der Waals surface area contributed by atoms with E-state index in [1.807, 2.05) is 30.3 Å². The lowest BCUT2D eigenvalue weighted by molar-refractivity contribution is 0.669. The highest BCUT2D eigenvalue weighted by molar-refractivity contribution is 6.22. The number of fused-ring (bicyclic) bond motifs is 5. The fraction of sp³-hybridized carbons (Fsp3) is 0. The molecule has 0 N–H and O–H groups in total. The van der Waals surface area contributed by atoms with E-state index in [1.165, 1.54) is 0 Å². The highest BCUT2D eigenvalue weighted by Crippen LogP contribution is 2.46. The van der Waals surface area contributed by atoms with Crippen LogP contribution >= 0.6 is 0 Å². The van der Waals surface area contributed by atoms with Crippen LogP contribution in [0.1, 0.15) is 9.60 Å². The third-order valence-electron chi connectivity index (χ3n) is 8.56. The van der Waals surface area contributed by atoms with Gasteiger partial charge in [-0.3, -0.25) is 0 Å². The van der Waals surface area contributed by atoms with E-state index in [4.69, 9.17) is 12.6 Å². The first-order valence-corrected chi connectivity index (χ1v) is 14.9. The van der Waals surface area contributed by atoms with Gasteiger partial charge in [0, 0.05) is 10.8 Å². The molecule has 0 bridgehead atoms. The third-order valence-corrected chi connectivity index (χ3v) is 8.56. The van der Waals surface area contributed by atoms with Gasteiger partial charge in [-0.1, -0.05) is 152 Å². The first kappa shape index (κ1) is 19.4. The Morgan fingerprint density at radius 2 is 0.911 bits per heavy atom. The molecule has 0 aliphatic carbocycles. The van der Waals surface area contributed by atoms with E-state index in [0.717, 1.165) is 54.9 Å². The Bertz CT molecular complexity index is 2860. The van der Waals surface area contributed by atoms with Crippen molar-refractivity contribution >= 4 is 43.5 Å². The molecule has 0 aliphatic rings. The predicted octanol–water partition coefficient (Wildman–Crippen LogP) is 12.6. The molecule has 0 atom stereocenters. The molecular weight excluding hydrogens is 544 g/mol. The molecule has 9 rings (SSSR count). The molecule has 0 unspecified atom stereocenters. The van der Waals surface area contributed by atoms with Crippen LogP contribution in [0.15, 0.2) is 174 Å². The number of rotatable bonds is 4. The van der Waals surface area contributed by atoms with Crippen LogP contribution in [0.4, 0.5) is 0 Å². The minimum Gasteiger partial charge on any atom is -0.456 e. The van der Waals surface area contributed by atoms with E-state index >= 15 is 0 Å². The van der Waals surface area contributed by atoms with E-state index in [1.54, 1.807) is 0 Å². The third kappa shape index (κ3) is 4.17. The van der Waals surface area contributed by atoms with Crippen LogP contribution in [0.3, 0.4) is 0 Å². The van der Waals surface area contributed by atoms with Gasteiger partial charge in [0.05, 0.1) is 9.60 Å². The molecule has 0 fully saturated rings. The monoisotopic (exact) mass is 579 g/mol. The molecule has 9 aromatic rings. The normalized spacial score (nSPS) is 13.7. The predicted molar refractivity (Wildman–Crippen MR) is 190 cm³/mol. The summed E-state index contributed by atoms with van der Waals surface area (Å²) in [7, 11) is 0. The molecule has 210 valence electrons. The molecule has 1 aromatic heterocycles. The lowest BCUT2D eigenvalue weighted by atomic mass is 9.83. The van der Waals surface area contributed by atoms with E-state index in [9.17, 15) is 1.37 Å². The maximum Gasteiger partial charge on any atom is 0.135 e. The first-order valence-electron chi connectivity index (χ1n) is 18.4. The van der Waals surface area contributed by atoms with Crippen LogP contribution in [0.25, 0.3) is 88.0 Å². The Labute approximate surface area is 271 Å². The summed E-state index contributed by atoms with van der Waals surface area (Å²) in [4.78, 5) is 0. The fourth-order valence-electron chi connectivity index (χ4n) is 6.55. The zero-order valence-electron chi connectivity index (χ0n) is 31.0. The lowest BCUT2D eigenvalue weighted by Gasteiger charge is -2.19. The second-order valence-electron chi connectivity index (χ2n) is 11.1. The van der Waals surface area contributed by atoms with Gasteiger partial charge in [0.1, 0.15) is 11.2 Å². The Kier molecular flexibility index (Phi) is 4.46. The van der Waals surface area contributed by atoms with Crippen molar-refractivity contribution in [3.63, 3.8) is 0 Å². The Hall–Kier alpha value is -5.92.